The van der Waals surface area contributed by atoms with Crippen molar-refractivity contribution in [3.05, 3.63) is 42.9 Å². The molecule has 0 radical (unpaired) electrons. The van der Waals surface area contributed by atoms with Crippen molar-refractivity contribution in [3.63, 3.8) is 0 Å². The van der Waals surface area contributed by atoms with Crippen LogP contribution in [0.2, 0.25) is 0 Å². The molecule has 0 fully saturated rings. The Balaban J connectivity index is 1.84. The Labute approximate surface area is 150 Å². The van der Waals surface area contributed by atoms with Crippen molar-refractivity contribution in [2.24, 2.45) is 0 Å². The average molecular weight is 354 g/mol. The summed E-state index contributed by atoms with van der Waals surface area (Å²) < 4.78 is 16.0. The molecular weight excluding hydrogens is 336 g/mol. The van der Waals surface area contributed by atoms with Crippen molar-refractivity contribution in [2.45, 2.75) is 0 Å². The fourth-order valence-electron chi connectivity index (χ4n) is 2.25. The molecule has 2 aromatic heterocycles. The van der Waals surface area contributed by atoms with Crippen molar-refractivity contribution in [1.29, 1.82) is 0 Å². The van der Waals surface area contributed by atoms with Crippen molar-refractivity contribution in [2.75, 3.05) is 32.0 Å². The van der Waals surface area contributed by atoms with Crippen LogP contribution in [0.3, 0.4) is 0 Å². The minimum atomic E-state index is 0.354. The highest BCUT2D eigenvalue weighted by molar-refractivity contribution is 5.66. The van der Waals surface area contributed by atoms with Gasteiger partial charge in [0.25, 0.3) is 0 Å². The van der Waals surface area contributed by atoms with Crippen LogP contribution in [0.25, 0.3) is 0 Å². The zero-order valence-corrected chi connectivity index (χ0v) is 14.6. The summed E-state index contributed by atoms with van der Waals surface area (Å²) in [6.07, 6.45) is 3.08. The Morgan fingerprint density at radius 3 is 2.08 bits per heavy atom. The van der Waals surface area contributed by atoms with Gasteiger partial charge in [0.2, 0.25) is 17.6 Å². The van der Waals surface area contributed by atoms with Gasteiger partial charge < -0.3 is 24.8 Å². The van der Waals surface area contributed by atoms with Gasteiger partial charge in [-0.3, -0.25) is 0 Å². The van der Waals surface area contributed by atoms with Crippen LogP contribution in [0.1, 0.15) is 0 Å². The largest absolute Gasteiger partial charge is 0.493 e. The fourth-order valence-corrected chi connectivity index (χ4v) is 2.25. The summed E-state index contributed by atoms with van der Waals surface area (Å²) in [6, 6.07) is 9.03. The van der Waals surface area contributed by atoms with Crippen molar-refractivity contribution in [3.8, 4) is 17.2 Å². The molecule has 0 atom stereocenters. The molecule has 0 aliphatic heterocycles. The molecule has 2 heterocycles. The van der Waals surface area contributed by atoms with Crippen LogP contribution in [0.5, 0.6) is 17.2 Å². The van der Waals surface area contributed by atoms with Gasteiger partial charge in [0.05, 0.1) is 21.3 Å². The monoisotopic (exact) mass is 354 g/mol. The second-order valence-electron chi connectivity index (χ2n) is 5.01. The third-order valence-electron chi connectivity index (χ3n) is 3.40. The van der Waals surface area contributed by atoms with E-state index in [-0.39, 0.29) is 0 Å². The summed E-state index contributed by atoms with van der Waals surface area (Å²) in [5, 5.41) is 6.10. The van der Waals surface area contributed by atoms with E-state index in [1.54, 1.807) is 39.7 Å². The first-order chi connectivity index (χ1) is 12.7. The number of aromatic nitrogens is 4. The number of rotatable bonds is 7. The summed E-state index contributed by atoms with van der Waals surface area (Å²) in [5.41, 5.74) is 0.675. The quantitative estimate of drug-likeness (QED) is 0.663. The number of methoxy groups -OCH3 is 3. The van der Waals surface area contributed by atoms with E-state index in [9.17, 15) is 0 Å². The third-order valence-corrected chi connectivity index (χ3v) is 3.40. The lowest BCUT2D eigenvalue weighted by Crippen LogP contribution is -2.04. The first-order valence-electron chi connectivity index (χ1n) is 7.67. The molecule has 0 unspecified atom stereocenters. The van der Waals surface area contributed by atoms with Crippen molar-refractivity contribution >= 4 is 23.4 Å². The van der Waals surface area contributed by atoms with Crippen LogP contribution in [0, 0.1) is 0 Å². The fraction of sp³-hybridized carbons (Fsp3) is 0.176. The van der Waals surface area contributed by atoms with Gasteiger partial charge in [-0.15, -0.1) is 0 Å². The van der Waals surface area contributed by atoms with E-state index in [0.29, 0.717) is 40.7 Å². The van der Waals surface area contributed by atoms with Gasteiger partial charge in [-0.2, -0.15) is 4.98 Å². The molecule has 3 rings (SSSR count). The molecule has 26 heavy (non-hydrogen) atoms. The summed E-state index contributed by atoms with van der Waals surface area (Å²) >= 11 is 0. The predicted octanol–water partition coefficient (Wildman–Crippen LogP) is 2.78. The standard InChI is InChI=1S/C17H18N6O3/c1-24-12-8-11(9-13(25-2)15(12)26-3)21-16-19-10-20-17(23-16)22-14-6-4-5-7-18-14/h4-10H,1-3H3,(H2,18,19,20,21,22,23). The maximum Gasteiger partial charge on any atom is 0.233 e. The van der Waals surface area contributed by atoms with E-state index in [1.165, 1.54) is 6.33 Å². The highest BCUT2D eigenvalue weighted by atomic mass is 16.5. The smallest absolute Gasteiger partial charge is 0.233 e. The summed E-state index contributed by atoms with van der Waals surface area (Å²) in [7, 11) is 4.66. The second-order valence-corrected chi connectivity index (χ2v) is 5.01. The molecule has 9 nitrogen and oxygen atoms in total. The van der Waals surface area contributed by atoms with Crippen molar-refractivity contribution < 1.29 is 14.2 Å². The summed E-state index contributed by atoms with van der Waals surface area (Å²) in [5.74, 6) is 2.91. The molecule has 0 bridgehead atoms. The first kappa shape index (κ1) is 17.2. The molecule has 2 N–H and O–H groups in total. The summed E-state index contributed by atoms with van der Waals surface area (Å²) in [6.45, 7) is 0. The molecule has 0 spiro atoms. The van der Waals surface area contributed by atoms with E-state index >= 15 is 0 Å². The molecule has 3 aromatic rings. The number of nitrogens with one attached hydrogen (secondary N) is 2. The van der Waals surface area contributed by atoms with E-state index in [1.807, 2.05) is 18.2 Å². The predicted molar refractivity (Wildman–Crippen MR) is 96.7 cm³/mol. The topological polar surface area (TPSA) is 103 Å². The van der Waals surface area contributed by atoms with Gasteiger partial charge in [0.15, 0.2) is 11.5 Å². The highest BCUT2D eigenvalue weighted by Crippen LogP contribution is 2.40. The van der Waals surface area contributed by atoms with E-state index < -0.39 is 0 Å². The third kappa shape index (κ3) is 3.89. The van der Waals surface area contributed by atoms with Crippen LogP contribution in [0.15, 0.2) is 42.9 Å². The van der Waals surface area contributed by atoms with Gasteiger partial charge >= 0.3 is 0 Å². The Morgan fingerprint density at radius 1 is 0.808 bits per heavy atom. The zero-order valence-electron chi connectivity index (χ0n) is 14.6. The molecule has 0 aliphatic rings. The number of nitrogens with zero attached hydrogens (tertiary/aromatic N) is 4. The van der Waals surface area contributed by atoms with E-state index in [0.717, 1.165) is 0 Å². The summed E-state index contributed by atoms with van der Waals surface area (Å²) in [4.78, 5) is 16.7. The van der Waals surface area contributed by atoms with Gasteiger partial charge in [0.1, 0.15) is 12.1 Å². The van der Waals surface area contributed by atoms with Gasteiger partial charge in [0, 0.05) is 24.0 Å². The lowest BCUT2D eigenvalue weighted by molar-refractivity contribution is 0.324. The lowest BCUT2D eigenvalue weighted by atomic mass is 10.2. The number of pyridine rings is 1. The molecule has 0 saturated heterocycles. The molecule has 0 aliphatic carbocycles. The molecule has 134 valence electrons. The normalized spacial score (nSPS) is 10.1. The van der Waals surface area contributed by atoms with Crippen LogP contribution in [-0.4, -0.2) is 41.3 Å². The van der Waals surface area contributed by atoms with Crippen molar-refractivity contribution in [1.82, 2.24) is 19.9 Å². The van der Waals surface area contributed by atoms with Crippen LogP contribution in [-0.2, 0) is 0 Å². The highest BCUT2D eigenvalue weighted by Gasteiger charge is 2.14. The maximum absolute atomic E-state index is 5.34. The molecule has 9 heteroatoms. The molecule has 0 amide bonds. The van der Waals surface area contributed by atoms with Gasteiger partial charge in [-0.25, -0.2) is 15.0 Å². The first-order valence-corrected chi connectivity index (χ1v) is 7.67. The van der Waals surface area contributed by atoms with Crippen LogP contribution >= 0.6 is 0 Å². The Bertz CT molecular complexity index is 850. The molecule has 0 saturated carbocycles. The van der Waals surface area contributed by atoms with Crippen LogP contribution < -0.4 is 24.8 Å². The van der Waals surface area contributed by atoms with Crippen LogP contribution in [0.4, 0.5) is 23.4 Å². The van der Waals surface area contributed by atoms with Gasteiger partial charge in [-0.1, -0.05) is 6.07 Å². The maximum atomic E-state index is 5.34. The lowest BCUT2D eigenvalue weighted by Gasteiger charge is -2.14. The number of benzene rings is 1. The molecule has 1 aromatic carbocycles. The Morgan fingerprint density at radius 2 is 1.50 bits per heavy atom. The van der Waals surface area contributed by atoms with E-state index in [2.05, 4.69) is 30.6 Å². The average Bonchev–Trinajstić information content (AvgIpc) is 2.68. The zero-order chi connectivity index (χ0) is 18.4. The minimum absolute atomic E-state index is 0.354. The Hall–Kier alpha value is -3.62. The van der Waals surface area contributed by atoms with E-state index in [4.69, 9.17) is 14.2 Å². The number of hydrogen-bond acceptors (Lipinski definition) is 9. The minimum Gasteiger partial charge on any atom is -0.493 e. The number of anilines is 4. The van der Waals surface area contributed by atoms with Gasteiger partial charge in [-0.05, 0) is 12.1 Å². The SMILES string of the molecule is COc1cc(Nc2ncnc(Nc3ccccn3)n2)cc(OC)c1OC. The second kappa shape index (κ2) is 7.97. The molecular formula is C17H18N6O3. The number of hydrogen-bond donors (Lipinski definition) is 2. The number of ether oxygens (including phenoxy) is 3. The Kier molecular flexibility index (Phi) is 5.28.